The van der Waals surface area contributed by atoms with Crippen LogP contribution in [0, 0.1) is 28.4 Å². The molecule has 0 aliphatic heterocycles. The van der Waals surface area contributed by atoms with Gasteiger partial charge in [-0.15, -0.1) is 0 Å². The molecule has 0 aliphatic carbocycles. The quantitative estimate of drug-likeness (QED) is 0.673. The molecular formula is C16H15N3O3S. The van der Waals surface area contributed by atoms with Gasteiger partial charge in [0.2, 0.25) is 0 Å². The second-order valence-electron chi connectivity index (χ2n) is 5.22. The van der Waals surface area contributed by atoms with E-state index in [0.717, 1.165) is 5.56 Å². The Hall–Kier alpha value is -2.56. The average Bonchev–Trinajstić information content (AvgIpc) is 2.55. The molecule has 118 valence electrons. The van der Waals surface area contributed by atoms with Crippen LogP contribution in [0.5, 0.6) is 0 Å². The summed E-state index contributed by atoms with van der Waals surface area (Å²) in [7, 11) is -1.58. The second kappa shape index (κ2) is 6.69. The maximum Gasteiger partial charge on any atom is 0.269 e. The minimum atomic E-state index is -1.58. The summed E-state index contributed by atoms with van der Waals surface area (Å²) in [6, 6.07) is 14.8. The zero-order valence-electron chi connectivity index (χ0n) is 12.6. The zero-order valence-corrected chi connectivity index (χ0v) is 13.5. The highest BCUT2D eigenvalue weighted by atomic mass is 32.2. The van der Waals surface area contributed by atoms with Crippen LogP contribution < -0.4 is 4.72 Å². The Kier molecular flexibility index (Phi) is 4.89. The molecule has 0 heterocycles. The molecule has 0 fully saturated rings. The number of nitrogens with one attached hydrogen (secondary N) is 1. The van der Waals surface area contributed by atoms with Crippen molar-refractivity contribution >= 4 is 16.7 Å². The number of rotatable bonds is 5. The molecule has 7 heteroatoms. The Morgan fingerprint density at radius 1 is 1.17 bits per heavy atom. The first kappa shape index (κ1) is 16.8. The van der Waals surface area contributed by atoms with Crippen molar-refractivity contribution in [1.82, 2.24) is 4.72 Å². The molecule has 0 saturated carbocycles. The van der Waals surface area contributed by atoms with Crippen LogP contribution in [-0.4, -0.2) is 9.13 Å². The minimum Gasteiger partial charge on any atom is -0.258 e. The first-order valence-electron chi connectivity index (χ1n) is 6.78. The van der Waals surface area contributed by atoms with Gasteiger partial charge >= 0.3 is 0 Å². The van der Waals surface area contributed by atoms with E-state index in [2.05, 4.69) is 10.8 Å². The summed E-state index contributed by atoms with van der Waals surface area (Å²) in [5, 5.41) is 20.2. The second-order valence-corrected chi connectivity index (χ2v) is 6.44. The highest BCUT2D eigenvalue weighted by Crippen LogP contribution is 2.24. The molecule has 2 rings (SSSR count). The predicted octanol–water partition coefficient (Wildman–Crippen LogP) is 2.95. The highest BCUT2D eigenvalue weighted by molar-refractivity contribution is 7.83. The van der Waals surface area contributed by atoms with Gasteiger partial charge in [-0.2, -0.15) is 5.26 Å². The monoisotopic (exact) mass is 329 g/mol. The van der Waals surface area contributed by atoms with Gasteiger partial charge in [0, 0.05) is 12.1 Å². The highest BCUT2D eigenvalue weighted by Gasteiger charge is 2.29. The van der Waals surface area contributed by atoms with Crippen LogP contribution in [0.2, 0.25) is 0 Å². The summed E-state index contributed by atoms with van der Waals surface area (Å²) in [5.41, 5.74) is 0.258. The maximum atomic E-state index is 12.4. The molecule has 0 unspecified atom stereocenters. The molecule has 0 saturated heterocycles. The van der Waals surface area contributed by atoms with Crippen molar-refractivity contribution in [3.63, 3.8) is 0 Å². The lowest BCUT2D eigenvalue weighted by Crippen LogP contribution is -2.39. The van der Waals surface area contributed by atoms with E-state index in [9.17, 15) is 19.6 Å². The summed E-state index contributed by atoms with van der Waals surface area (Å²) in [6.07, 6.45) is 0. The van der Waals surface area contributed by atoms with Crippen molar-refractivity contribution in [1.29, 1.82) is 5.26 Å². The predicted molar refractivity (Wildman–Crippen MR) is 86.8 cm³/mol. The molecule has 0 bridgehead atoms. The average molecular weight is 329 g/mol. The van der Waals surface area contributed by atoms with Crippen LogP contribution in [0.15, 0.2) is 53.4 Å². The summed E-state index contributed by atoms with van der Waals surface area (Å²) in [5.74, 6) is 0. The minimum absolute atomic E-state index is 0.0614. The molecule has 0 aromatic heterocycles. The van der Waals surface area contributed by atoms with Gasteiger partial charge in [0.25, 0.3) is 5.69 Å². The van der Waals surface area contributed by atoms with Gasteiger partial charge in [-0.1, -0.05) is 17.7 Å². The molecule has 0 radical (unpaired) electrons. The molecule has 0 aliphatic rings. The standard InChI is InChI=1S/C16H15N3O3S/c1-12-3-9-15(10-4-12)23(22)18-16(2,11-17)13-5-7-14(8-6-13)19(20)21/h3-10,18H,1-2H3/t16-,23+/m1/s1. The third-order valence-corrected chi connectivity index (χ3v) is 4.70. The number of benzene rings is 2. The van der Waals surface area contributed by atoms with Crippen molar-refractivity contribution in [3.05, 3.63) is 69.8 Å². The molecule has 23 heavy (non-hydrogen) atoms. The SMILES string of the molecule is Cc1ccc([S@](=O)N[C@](C)(C#N)c2ccc([N+](=O)[O-])cc2)cc1. The van der Waals surface area contributed by atoms with Crippen LogP contribution in [0.25, 0.3) is 0 Å². The Bertz CT molecular complexity index is 782. The summed E-state index contributed by atoms with van der Waals surface area (Å²) in [4.78, 5) is 10.7. The van der Waals surface area contributed by atoms with E-state index in [1.165, 1.54) is 24.3 Å². The lowest BCUT2D eigenvalue weighted by molar-refractivity contribution is -0.384. The fourth-order valence-electron chi connectivity index (χ4n) is 1.97. The van der Waals surface area contributed by atoms with E-state index >= 15 is 0 Å². The smallest absolute Gasteiger partial charge is 0.258 e. The Balaban J connectivity index is 2.26. The van der Waals surface area contributed by atoms with E-state index in [1.807, 2.05) is 19.1 Å². The van der Waals surface area contributed by atoms with Gasteiger partial charge in [-0.05, 0) is 43.7 Å². The fraction of sp³-hybridized carbons (Fsp3) is 0.188. The molecule has 0 spiro atoms. The zero-order chi connectivity index (χ0) is 17.0. The summed E-state index contributed by atoms with van der Waals surface area (Å²) < 4.78 is 15.2. The maximum absolute atomic E-state index is 12.4. The number of nitro benzene ring substituents is 1. The van der Waals surface area contributed by atoms with Gasteiger partial charge in [0.05, 0.1) is 15.9 Å². The largest absolute Gasteiger partial charge is 0.269 e. The van der Waals surface area contributed by atoms with Gasteiger partial charge in [-0.25, -0.2) is 8.93 Å². The first-order chi connectivity index (χ1) is 10.9. The van der Waals surface area contributed by atoms with Gasteiger partial charge < -0.3 is 0 Å². The van der Waals surface area contributed by atoms with Crippen LogP contribution in [0.3, 0.4) is 0 Å². The summed E-state index contributed by atoms with van der Waals surface area (Å²) >= 11 is 0. The van der Waals surface area contributed by atoms with Crippen LogP contribution >= 0.6 is 0 Å². The van der Waals surface area contributed by atoms with E-state index < -0.39 is 21.4 Å². The number of hydrogen-bond donors (Lipinski definition) is 1. The van der Waals surface area contributed by atoms with Gasteiger partial charge in [0.1, 0.15) is 16.5 Å². The van der Waals surface area contributed by atoms with Crippen LogP contribution in [-0.2, 0) is 16.5 Å². The third kappa shape index (κ3) is 3.80. The number of nitro groups is 1. The van der Waals surface area contributed by atoms with E-state index in [0.29, 0.717) is 10.5 Å². The van der Waals surface area contributed by atoms with Gasteiger partial charge in [0.15, 0.2) is 0 Å². The Morgan fingerprint density at radius 3 is 2.22 bits per heavy atom. The molecule has 1 N–H and O–H groups in total. The lowest BCUT2D eigenvalue weighted by atomic mass is 9.95. The summed E-state index contributed by atoms with van der Waals surface area (Å²) in [6.45, 7) is 3.51. The van der Waals surface area contributed by atoms with E-state index in [1.54, 1.807) is 19.1 Å². The van der Waals surface area contributed by atoms with E-state index in [4.69, 9.17) is 0 Å². The van der Waals surface area contributed by atoms with Crippen molar-refractivity contribution < 1.29 is 9.13 Å². The van der Waals surface area contributed by atoms with Crippen molar-refractivity contribution in [2.24, 2.45) is 0 Å². The van der Waals surface area contributed by atoms with E-state index in [-0.39, 0.29) is 5.69 Å². The first-order valence-corrected chi connectivity index (χ1v) is 7.93. The number of hydrogen-bond acceptors (Lipinski definition) is 4. The Morgan fingerprint density at radius 2 is 1.74 bits per heavy atom. The number of aryl methyl sites for hydroxylation is 1. The van der Waals surface area contributed by atoms with Crippen molar-refractivity contribution in [3.8, 4) is 6.07 Å². The molecular weight excluding hydrogens is 314 g/mol. The van der Waals surface area contributed by atoms with Crippen molar-refractivity contribution in [2.45, 2.75) is 24.3 Å². The molecule has 2 atom stereocenters. The van der Waals surface area contributed by atoms with Crippen LogP contribution in [0.4, 0.5) is 5.69 Å². The molecule has 2 aromatic rings. The number of nitrogens with zero attached hydrogens (tertiary/aromatic N) is 2. The lowest BCUT2D eigenvalue weighted by Gasteiger charge is -2.23. The number of nitriles is 1. The Labute approximate surface area is 136 Å². The van der Waals surface area contributed by atoms with Gasteiger partial charge in [-0.3, -0.25) is 10.1 Å². The van der Waals surface area contributed by atoms with Crippen LogP contribution in [0.1, 0.15) is 18.1 Å². The fourth-order valence-corrected chi connectivity index (χ4v) is 3.00. The third-order valence-electron chi connectivity index (χ3n) is 3.41. The molecule has 2 aromatic carbocycles. The molecule has 6 nitrogen and oxygen atoms in total. The normalized spacial score (nSPS) is 14.5. The topological polar surface area (TPSA) is 96.0 Å². The number of non-ortho nitro benzene ring substituents is 1. The van der Waals surface area contributed by atoms with Crippen molar-refractivity contribution in [2.75, 3.05) is 0 Å². The molecule has 0 amide bonds.